The van der Waals surface area contributed by atoms with Crippen molar-refractivity contribution in [3.8, 4) is 0 Å². The van der Waals surface area contributed by atoms with Crippen LogP contribution < -0.4 is 0 Å². The molecule has 0 spiro atoms. The molecule has 5 heteroatoms. The van der Waals surface area contributed by atoms with Crippen LogP contribution in [0.2, 0.25) is 5.02 Å². The smallest absolute Gasteiger partial charge is 0.171 e. The van der Waals surface area contributed by atoms with Gasteiger partial charge in [0, 0.05) is 17.1 Å². The van der Waals surface area contributed by atoms with E-state index in [2.05, 4.69) is 4.98 Å². The van der Waals surface area contributed by atoms with Gasteiger partial charge in [0.15, 0.2) is 5.78 Å². The van der Waals surface area contributed by atoms with Gasteiger partial charge in [0.2, 0.25) is 0 Å². The zero-order chi connectivity index (χ0) is 11.5. The third-order valence-corrected chi connectivity index (χ3v) is 3.12. The molecule has 0 fully saturated rings. The summed E-state index contributed by atoms with van der Waals surface area (Å²) in [6.45, 7) is 0. The molecule has 16 heavy (non-hydrogen) atoms. The maximum absolute atomic E-state index is 12.8. The van der Waals surface area contributed by atoms with Crippen molar-refractivity contribution in [2.75, 3.05) is 0 Å². The summed E-state index contributed by atoms with van der Waals surface area (Å²) in [5, 5.41) is 2.67. The zero-order valence-corrected chi connectivity index (χ0v) is 9.69. The number of aromatic nitrogens is 1. The van der Waals surface area contributed by atoms with Gasteiger partial charge >= 0.3 is 0 Å². The molecule has 0 atom stereocenters. The van der Waals surface area contributed by atoms with Crippen LogP contribution in [0.25, 0.3) is 0 Å². The van der Waals surface area contributed by atoms with E-state index in [0.29, 0.717) is 5.56 Å². The Kier molecular flexibility index (Phi) is 3.31. The van der Waals surface area contributed by atoms with Crippen molar-refractivity contribution < 1.29 is 9.18 Å². The van der Waals surface area contributed by atoms with E-state index < -0.39 is 5.82 Å². The Hall–Kier alpha value is -1.26. The number of carbonyl (C=O) groups is 1. The Morgan fingerprint density at radius 2 is 2.31 bits per heavy atom. The quantitative estimate of drug-likeness (QED) is 0.787. The molecule has 82 valence electrons. The minimum absolute atomic E-state index is 0.140. The van der Waals surface area contributed by atoms with Crippen LogP contribution in [0.4, 0.5) is 4.39 Å². The van der Waals surface area contributed by atoms with E-state index in [0.717, 1.165) is 11.1 Å². The Balaban J connectivity index is 2.21. The van der Waals surface area contributed by atoms with Gasteiger partial charge in [0.05, 0.1) is 11.4 Å². The lowest BCUT2D eigenvalue weighted by Gasteiger charge is -2.01. The highest BCUT2D eigenvalue weighted by Crippen LogP contribution is 2.19. The second kappa shape index (κ2) is 4.72. The van der Waals surface area contributed by atoms with Gasteiger partial charge in [-0.05, 0) is 18.2 Å². The number of hydrogen-bond acceptors (Lipinski definition) is 3. The van der Waals surface area contributed by atoms with E-state index in [-0.39, 0.29) is 17.2 Å². The molecule has 0 aliphatic rings. The summed E-state index contributed by atoms with van der Waals surface area (Å²) in [7, 11) is 0. The number of rotatable bonds is 3. The highest BCUT2D eigenvalue weighted by molar-refractivity contribution is 7.09. The van der Waals surface area contributed by atoms with Crippen LogP contribution in [0.15, 0.2) is 29.8 Å². The highest BCUT2D eigenvalue weighted by atomic mass is 35.5. The zero-order valence-electron chi connectivity index (χ0n) is 8.11. The number of halogens is 2. The lowest BCUT2D eigenvalue weighted by atomic mass is 10.1. The Bertz CT molecular complexity index is 513. The summed E-state index contributed by atoms with van der Waals surface area (Å²) >= 11 is 7.19. The normalized spacial score (nSPS) is 10.4. The Labute approximate surface area is 101 Å². The Morgan fingerprint density at radius 3 is 2.94 bits per heavy atom. The molecular formula is C11H7ClFNOS. The van der Waals surface area contributed by atoms with Crippen molar-refractivity contribution in [1.29, 1.82) is 0 Å². The van der Waals surface area contributed by atoms with Gasteiger partial charge in [0.1, 0.15) is 10.8 Å². The number of benzene rings is 1. The van der Waals surface area contributed by atoms with Gasteiger partial charge in [-0.2, -0.15) is 0 Å². The fourth-order valence-corrected chi connectivity index (χ4v) is 2.18. The summed E-state index contributed by atoms with van der Waals surface area (Å²) < 4.78 is 12.8. The first-order chi connectivity index (χ1) is 7.66. The molecule has 0 unspecified atom stereocenters. The maximum atomic E-state index is 12.8. The van der Waals surface area contributed by atoms with E-state index in [1.54, 1.807) is 11.6 Å². The molecule has 0 saturated carbocycles. The predicted molar refractivity (Wildman–Crippen MR) is 61.6 cm³/mol. The highest BCUT2D eigenvalue weighted by Gasteiger charge is 2.12. The molecule has 2 nitrogen and oxygen atoms in total. The minimum Gasteiger partial charge on any atom is -0.294 e. The summed E-state index contributed by atoms with van der Waals surface area (Å²) in [5.41, 5.74) is 0.332. The number of thiazole rings is 1. The topological polar surface area (TPSA) is 30.0 Å². The fraction of sp³-hybridized carbons (Fsp3) is 0.0909. The van der Waals surface area contributed by atoms with Crippen LogP contribution >= 0.6 is 22.9 Å². The van der Waals surface area contributed by atoms with Crippen LogP contribution in [-0.4, -0.2) is 10.8 Å². The van der Waals surface area contributed by atoms with Crippen LogP contribution in [-0.2, 0) is 6.42 Å². The molecule has 0 aliphatic carbocycles. The molecule has 1 heterocycles. The van der Waals surface area contributed by atoms with Crippen molar-refractivity contribution in [2.45, 2.75) is 6.42 Å². The van der Waals surface area contributed by atoms with Gasteiger partial charge in [-0.3, -0.25) is 4.79 Å². The second-order valence-corrected chi connectivity index (χ2v) is 4.54. The molecule has 1 aromatic carbocycles. The lowest BCUT2D eigenvalue weighted by Crippen LogP contribution is -2.04. The maximum Gasteiger partial charge on any atom is 0.171 e. The van der Waals surface area contributed by atoms with Crippen LogP contribution in [0.3, 0.4) is 0 Å². The predicted octanol–water partition coefficient (Wildman–Crippen LogP) is 3.36. The molecule has 2 rings (SSSR count). The van der Waals surface area contributed by atoms with Crippen LogP contribution in [0.1, 0.15) is 15.4 Å². The largest absolute Gasteiger partial charge is 0.294 e. The summed E-state index contributed by atoms with van der Waals surface area (Å²) in [5.74, 6) is -0.601. The summed E-state index contributed by atoms with van der Waals surface area (Å²) in [6.07, 6.45) is 1.84. The summed E-state index contributed by atoms with van der Waals surface area (Å²) in [6, 6.07) is 3.76. The number of hydrogen-bond donors (Lipinski definition) is 0. The van der Waals surface area contributed by atoms with E-state index >= 15 is 0 Å². The molecule has 0 saturated heterocycles. The van der Waals surface area contributed by atoms with Crippen LogP contribution in [0, 0.1) is 5.82 Å². The number of nitrogens with zero attached hydrogens (tertiary/aromatic N) is 1. The van der Waals surface area contributed by atoms with Gasteiger partial charge < -0.3 is 0 Å². The third-order valence-electron chi connectivity index (χ3n) is 2.03. The monoisotopic (exact) mass is 255 g/mol. The first kappa shape index (κ1) is 11.2. The average molecular weight is 256 g/mol. The average Bonchev–Trinajstić information content (AvgIpc) is 2.70. The van der Waals surface area contributed by atoms with Crippen molar-refractivity contribution in [2.24, 2.45) is 0 Å². The number of Topliss-reactive ketones (excluding diaryl/α,β-unsaturated/α-hetero) is 1. The molecule has 0 bridgehead atoms. The lowest BCUT2D eigenvalue weighted by molar-refractivity contribution is 0.0993. The first-order valence-electron chi connectivity index (χ1n) is 4.53. The molecule has 0 radical (unpaired) electrons. The molecule has 2 aromatic rings. The standard InChI is InChI=1S/C11H7ClFNOS/c12-9-5-7(13)1-2-8(9)10(15)6-11-14-3-4-16-11/h1-5H,6H2. The van der Waals surface area contributed by atoms with Crippen molar-refractivity contribution in [3.05, 3.63) is 51.2 Å². The van der Waals surface area contributed by atoms with Crippen molar-refractivity contribution in [3.63, 3.8) is 0 Å². The van der Waals surface area contributed by atoms with Gasteiger partial charge in [-0.25, -0.2) is 9.37 Å². The van der Waals surface area contributed by atoms with E-state index in [9.17, 15) is 9.18 Å². The van der Waals surface area contributed by atoms with Crippen LogP contribution in [0.5, 0.6) is 0 Å². The number of carbonyl (C=O) groups excluding carboxylic acids is 1. The first-order valence-corrected chi connectivity index (χ1v) is 5.79. The van der Waals surface area contributed by atoms with E-state index in [1.807, 2.05) is 0 Å². The van der Waals surface area contributed by atoms with Gasteiger partial charge in [-0.15, -0.1) is 11.3 Å². The minimum atomic E-state index is -0.448. The molecule has 0 aliphatic heterocycles. The second-order valence-electron chi connectivity index (χ2n) is 3.15. The third kappa shape index (κ3) is 2.46. The summed E-state index contributed by atoms with van der Waals surface area (Å²) in [4.78, 5) is 15.8. The molecular weight excluding hydrogens is 249 g/mol. The molecule has 1 aromatic heterocycles. The SMILES string of the molecule is O=C(Cc1nccs1)c1ccc(F)cc1Cl. The van der Waals surface area contributed by atoms with Crippen molar-refractivity contribution in [1.82, 2.24) is 4.98 Å². The molecule has 0 N–H and O–H groups in total. The van der Waals surface area contributed by atoms with Gasteiger partial charge in [-0.1, -0.05) is 11.6 Å². The van der Waals surface area contributed by atoms with E-state index in [1.165, 1.54) is 23.5 Å². The van der Waals surface area contributed by atoms with Crippen molar-refractivity contribution >= 4 is 28.7 Å². The van der Waals surface area contributed by atoms with Gasteiger partial charge in [0.25, 0.3) is 0 Å². The fourth-order valence-electron chi connectivity index (χ4n) is 1.29. The Morgan fingerprint density at radius 1 is 1.50 bits per heavy atom. The van der Waals surface area contributed by atoms with E-state index in [4.69, 9.17) is 11.6 Å². The number of ketones is 1. The molecule has 0 amide bonds.